The van der Waals surface area contributed by atoms with Gasteiger partial charge in [-0.15, -0.1) is 0 Å². The van der Waals surface area contributed by atoms with Gasteiger partial charge in [0.15, 0.2) is 4.77 Å². The average molecular weight is 255 g/mol. The number of nitrogens with one attached hydrogen (secondary N) is 1. The van der Waals surface area contributed by atoms with Crippen molar-refractivity contribution < 1.29 is 4.74 Å². The quantitative estimate of drug-likeness (QED) is 0.664. The first kappa shape index (κ1) is 12.8. The standard InChI is InChI=1S/C12H21N3OS/c1-16-9-8-15-11(13-14-12(15)17)10-6-4-2-3-5-7-10/h10H,2-9H2,1H3,(H,14,17). The van der Waals surface area contributed by atoms with Crippen molar-refractivity contribution in [1.29, 1.82) is 0 Å². The molecule has 1 aromatic rings. The van der Waals surface area contributed by atoms with Crippen LogP contribution in [-0.4, -0.2) is 28.5 Å². The molecule has 0 atom stereocenters. The molecular weight excluding hydrogens is 234 g/mol. The van der Waals surface area contributed by atoms with Gasteiger partial charge in [-0.1, -0.05) is 25.7 Å². The van der Waals surface area contributed by atoms with Crippen molar-refractivity contribution in [3.8, 4) is 0 Å². The van der Waals surface area contributed by atoms with Gasteiger partial charge in [0, 0.05) is 19.6 Å². The highest BCUT2D eigenvalue weighted by atomic mass is 32.1. The van der Waals surface area contributed by atoms with E-state index in [1.165, 1.54) is 38.5 Å². The number of hydrogen-bond donors (Lipinski definition) is 1. The minimum atomic E-state index is 0.572. The van der Waals surface area contributed by atoms with Crippen molar-refractivity contribution in [2.45, 2.75) is 51.0 Å². The predicted octanol–water partition coefficient (Wildman–Crippen LogP) is 3.02. The molecule has 1 saturated carbocycles. The van der Waals surface area contributed by atoms with Gasteiger partial charge in [0.2, 0.25) is 0 Å². The minimum Gasteiger partial charge on any atom is -0.383 e. The van der Waals surface area contributed by atoms with Crippen molar-refractivity contribution in [3.05, 3.63) is 10.6 Å². The zero-order valence-corrected chi connectivity index (χ0v) is 11.3. The second-order valence-corrected chi connectivity index (χ2v) is 5.11. The summed E-state index contributed by atoms with van der Waals surface area (Å²) in [6, 6.07) is 0. The van der Waals surface area contributed by atoms with Crippen molar-refractivity contribution >= 4 is 12.2 Å². The van der Waals surface area contributed by atoms with Crippen molar-refractivity contribution in [3.63, 3.8) is 0 Å². The smallest absolute Gasteiger partial charge is 0.195 e. The number of rotatable bonds is 4. The summed E-state index contributed by atoms with van der Waals surface area (Å²) in [6.07, 6.45) is 7.84. The van der Waals surface area contributed by atoms with Gasteiger partial charge in [0.05, 0.1) is 6.61 Å². The third-order valence-corrected chi connectivity index (χ3v) is 3.84. The van der Waals surface area contributed by atoms with E-state index in [4.69, 9.17) is 17.0 Å². The van der Waals surface area contributed by atoms with Gasteiger partial charge in [-0.05, 0) is 25.1 Å². The number of aromatic amines is 1. The summed E-state index contributed by atoms with van der Waals surface area (Å²) in [5, 5.41) is 7.35. The number of H-pyrrole nitrogens is 1. The molecule has 0 amide bonds. The van der Waals surface area contributed by atoms with Crippen LogP contribution >= 0.6 is 12.2 Å². The summed E-state index contributed by atoms with van der Waals surface area (Å²) < 4.78 is 7.96. The van der Waals surface area contributed by atoms with Crippen molar-refractivity contribution in [2.75, 3.05) is 13.7 Å². The second-order valence-electron chi connectivity index (χ2n) is 4.72. The van der Waals surface area contributed by atoms with E-state index in [1.807, 2.05) is 0 Å². The van der Waals surface area contributed by atoms with E-state index in [-0.39, 0.29) is 0 Å². The summed E-state index contributed by atoms with van der Waals surface area (Å²) in [4.78, 5) is 0. The van der Waals surface area contributed by atoms with Crippen LogP contribution in [0.25, 0.3) is 0 Å². The Hall–Kier alpha value is -0.680. The Labute approximate surface area is 107 Å². The van der Waals surface area contributed by atoms with Crippen LogP contribution in [0.3, 0.4) is 0 Å². The van der Waals surface area contributed by atoms with E-state index in [0.717, 1.165) is 17.1 Å². The average Bonchev–Trinajstić information content (AvgIpc) is 2.57. The van der Waals surface area contributed by atoms with Crippen LogP contribution in [-0.2, 0) is 11.3 Å². The van der Waals surface area contributed by atoms with Gasteiger partial charge in [0.1, 0.15) is 5.82 Å². The number of nitrogens with zero attached hydrogens (tertiary/aromatic N) is 2. The van der Waals surface area contributed by atoms with E-state index in [2.05, 4.69) is 14.8 Å². The topological polar surface area (TPSA) is 42.8 Å². The van der Waals surface area contributed by atoms with Gasteiger partial charge in [0.25, 0.3) is 0 Å². The molecule has 0 bridgehead atoms. The molecule has 2 rings (SSSR count). The van der Waals surface area contributed by atoms with Gasteiger partial charge < -0.3 is 9.30 Å². The SMILES string of the molecule is COCCn1c(C2CCCCCC2)n[nH]c1=S. The first-order valence-corrected chi connectivity index (χ1v) is 6.88. The minimum absolute atomic E-state index is 0.572. The van der Waals surface area contributed by atoms with Crippen LogP contribution in [0.1, 0.15) is 50.3 Å². The number of ether oxygens (including phenoxy) is 1. The zero-order valence-electron chi connectivity index (χ0n) is 10.4. The Balaban J connectivity index is 2.15. The molecule has 1 heterocycles. The molecule has 0 spiro atoms. The molecule has 5 heteroatoms. The molecule has 96 valence electrons. The molecule has 1 aliphatic carbocycles. The summed E-state index contributed by atoms with van der Waals surface area (Å²) in [5.74, 6) is 1.70. The highest BCUT2D eigenvalue weighted by Gasteiger charge is 2.20. The number of methoxy groups -OCH3 is 1. The second kappa shape index (κ2) is 6.31. The molecular formula is C12H21N3OS. The Bertz CT molecular complexity index is 391. The van der Waals surface area contributed by atoms with Crippen LogP contribution in [0.15, 0.2) is 0 Å². The summed E-state index contributed by atoms with van der Waals surface area (Å²) in [7, 11) is 1.72. The maximum atomic E-state index is 5.28. The van der Waals surface area contributed by atoms with Crippen LogP contribution in [0.4, 0.5) is 0 Å². The third-order valence-electron chi connectivity index (χ3n) is 3.53. The molecule has 1 fully saturated rings. The molecule has 4 nitrogen and oxygen atoms in total. The fourth-order valence-electron chi connectivity index (χ4n) is 2.58. The summed E-state index contributed by atoms with van der Waals surface area (Å²) in [6.45, 7) is 1.49. The zero-order chi connectivity index (χ0) is 12.1. The van der Waals surface area contributed by atoms with Crippen LogP contribution < -0.4 is 0 Å². The van der Waals surface area contributed by atoms with E-state index in [9.17, 15) is 0 Å². The molecule has 0 aromatic carbocycles. The maximum absolute atomic E-state index is 5.28. The summed E-state index contributed by atoms with van der Waals surface area (Å²) >= 11 is 5.28. The molecule has 17 heavy (non-hydrogen) atoms. The predicted molar refractivity (Wildman–Crippen MR) is 69.7 cm³/mol. The fraction of sp³-hybridized carbons (Fsp3) is 0.833. The van der Waals surface area contributed by atoms with Gasteiger partial charge in [-0.25, -0.2) is 0 Å². The lowest BCUT2D eigenvalue weighted by atomic mass is 9.99. The lowest BCUT2D eigenvalue weighted by Crippen LogP contribution is -2.12. The normalized spacial score (nSPS) is 18.2. The lowest BCUT2D eigenvalue weighted by Gasteiger charge is -2.14. The maximum Gasteiger partial charge on any atom is 0.195 e. The molecule has 0 aliphatic heterocycles. The van der Waals surface area contributed by atoms with Crippen LogP contribution in [0.2, 0.25) is 0 Å². The van der Waals surface area contributed by atoms with E-state index in [1.54, 1.807) is 7.11 Å². The Morgan fingerprint density at radius 1 is 1.35 bits per heavy atom. The first-order chi connectivity index (χ1) is 8.33. The fourth-order valence-corrected chi connectivity index (χ4v) is 2.81. The Morgan fingerprint density at radius 2 is 2.06 bits per heavy atom. The molecule has 1 aromatic heterocycles. The van der Waals surface area contributed by atoms with Crippen LogP contribution in [0.5, 0.6) is 0 Å². The van der Waals surface area contributed by atoms with E-state index in [0.29, 0.717) is 12.5 Å². The Morgan fingerprint density at radius 3 is 2.71 bits per heavy atom. The van der Waals surface area contributed by atoms with E-state index >= 15 is 0 Å². The summed E-state index contributed by atoms with van der Waals surface area (Å²) in [5.41, 5.74) is 0. The number of hydrogen-bond acceptors (Lipinski definition) is 3. The molecule has 0 saturated heterocycles. The highest BCUT2D eigenvalue weighted by molar-refractivity contribution is 7.71. The molecule has 0 radical (unpaired) electrons. The molecule has 1 aliphatic rings. The first-order valence-electron chi connectivity index (χ1n) is 6.47. The third kappa shape index (κ3) is 3.16. The monoisotopic (exact) mass is 255 g/mol. The van der Waals surface area contributed by atoms with Crippen LogP contribution in [0, 0.1) is 4.77 Å². The largest absolute Gasteiger partial charge is 0.383 e. The van der Waals surface area contributed by atoms with Gasteiger partial charge in [-0.3, -0.25) is 5.10 Å². The van der Waals surface area contributed by atoms with E-state index < -0.39 is 0 Å². The highest BCUT2D eigenvalue weighted by Crippen LogP contribution is 2.30. The number of aromatic nitrogens is 3. The van der Waals surface area contributed by atoms with Crippen molar-refractivity contribution in [2.24, 2.45) is 0 Å². The van der Waals surface area contributed by atoms with Gasteiger partial charge in [-0.2, -0.15) is 5.10 Å². The van der Waals surface area contributed by atoms with Crippen molar-refractivity contribution in [1.82, 2.24) is 14.8 Å². The van der Waals surface area contributed by atoms with Gasteiger partial charge >= 0.3 is 0 Å². The Kier molecular flexibility index (Phi) is 4.74. The molecule has 1 N–H and O–H groups in total. The lowest BCUT2D eigenvalue weighted by molar-refractivity contribution is 0.185. The molecule has 0 unspecified atom stereocenters.